The summed E-state index contributed by atoms with van der Waals surface area (Å²) in [6.45, 7) is 8.18. The van der Waals surface area contributed by atoms with Gasteiger partial charge in [0, 0.05) is 52.5 Å². The van der Waals surface area contributed by atoms with Gasteiger partial charge in [-0.2, -0.15) is 0 Å². The van der Waals surface area contributed by atoms with E-state index in [4.69, 9.17) is 0 Å². The first-order chi connectivity index (χ1) is 11.2. The monoisotopic (exact) mass is 318 g/mol. The molecule has 2 heterocycles. The first-order valence-electron chi connectivity index (χ1n) is 8.56. The molecule has 1 aromatic heterocycles. The molecule has 1 aromatic rings. The highest BCUT2D eigenvalue weighted by molar-refractivity contribution is 5.79. The summed E-state index contributed by atoms with van der Waals surface area (Å²) >= 11 is 0. The van der Waals surface area contributed by atoms with Crippen LogP contribution in [0.1, 0.15) is 25.3 Å². The molecule has 0 aliphatic carbocycles. The fraction of sp³-hybridized carbons (Fsp3) is 0.647. The van der Waals surface area contributed by atoms with Crippen LogP contribution in [0, 0.1) is 0 Å². The third-order valence-corrected chi connectivity index (χ3v) is 4.14. The lowest BCUT2D eigenvalue weighted by atomic mass is 10.2. The van der Waals surface area contributed by atoms with E-state index in [2.05, 4.69) is 56.5 Å². The number of piperazine rings is 1. The minimum absolute atomic E-state index is 0.759. The molecule has 0 atom stereocenters. The summed E-state index contributed by atoms with van der Waals surface area (Å²) in [5.41, 5.74) is 1.23. The van der Waals surface area contributed by atoms with E-state index in [0.29, 0.717) is 0 Å². The van der Waals surface area contributed by atoms with Gasteiger partial charge in [0.25, 0.3) is 0 Å². The summed E-state index contributed by atoms with van der Waals surface area (Å²) < 4.78 is 0. The lowest BCUT2D eigenvalue weighted by molar-refractivity contribution is 0.312. The van der Waals surface area contributed by atoms with E-state index in [1.807, 2.05) is 13.2 Å². The van der Waals surface area contributed by atoms with Gasteiger partial charge in [-0.05, 0) is 31.2 Å². The van der Waals surface area contributed by atoms with E-state index in [1.165, 1.54) is 12.0 Å². The number of unbranched alkanes of at least 4 members (excludes halogenated alkanes) is 1. The van der Waals surface area contributed by atoms with Crippen molar-refractivity contribution in [2.75, 3.05) is 51.7 Å². The molecule has 0 unspecified atom stereocenters. The highest BCUT2D eigenvalue weighted by Gasteiger charge is 2.15. The van der Waals surface area contributed by atoms with E-state index in [0.717, 1.165) is 57.5 Å². The SMILES string of the molecule is CCCCNC(=NC)NCc1ccnc(N2CCN(C)CC2)c1. The first-order valence-corrected chi connectivity index (χ1v) is 8.56. The number of hydrogen-bond donors (Lipinski definition) is 2. The molecule has 1 saturated heterocycles. The summed E-state index contributed by atoms with van der Waals surface area (Å²) in [6.07, 6.45) is 4.24. The van der Waals surface area contributed by atoms with E-state index < -0.39 is 0 Å². The number of aliphatic imine (C=N–C) groups is 1. The molecule has 0 amide bonds. The molecule has 0 aromatic carbocycles. The van der Waals surface area contributed by atoms with Gasteiger partial charge in [0.2, 0.25) is 0 Å². The van der Waals surface area contributed by atoms with Crippen LogP contribution in [0.5, 0.6) is 0 Å². The van der Waals surface area contributed by atoms with Crippen LogP contribution in [0.2, 0.25) is 0 Å². The van der Waals surface area contributed by atoms with Crippen LogP contribution in [0.25, 0.3) is 0 Å². The largest absolute Gasteiger partial charge is 0.356 e. The Morgan fingerprint density at radius 3 is 2.74 bits per heavy atom. The number of pyridine rings is 1. The second kappa shape index (κ2) is 9.35. The Kier molecular flexibility index (Phi) is 7.13. The van der Waals surface area contributed by atoms with Crippen LogP contribution in [0.4, 0.5) is 5.82 Å². The van der Waals surface area contributed by atoms with Gasteiger partial charge >= 0.3 is 0 Å². The van der Waals surface area contributed by atoms with E-state index in [-0.39, 0.29) is 0 Å². The number of aromatic nitrogens is 1. The molecule has 6 nitrogen and oxygen atoms in total. The normalized spacial score (nSPS) is 16.5. The van der Waals surface area contributed by atoms with Crippen molar-refractivity contribution >= 4 is 11.8 Å². The number of nitrogens with zero attached hydrogens (tertiary/aromatic N) is 4. The smallest absolute Gasteiger partial charge is 0.191 e. The molecular formula is C17H30N6. The zero-order valence-electron chi connectivity index (χ0n) is 14.7. The Morgan fingerprint density at radius 2 is 2.04 bits per heavy atom. The zero-order chi connectivity index (χ0) is 16.5. The lowest BCUT2D eigenvalue weighted by Crippen LogP contribution is -2.44. The summed E-state index contributed by atoms with van der Waals surface area (Å²) in [5, 5.41) is 6.70. The lowest BCUT2D eigenvalue weighted by Gasteiger charge is -2.33. The maximum atomic E-state index is 4.53. The zero-order valence-corrected chi connectivity index (χ0v) is 14.7. The van der Waals surface area contributed by atoms with Crippen LogP contribution in [0.3, 0.4) is 0 Å². The Balaban J connectivity index is 1.87. The van der Waals surface area contributed by atoms with E-state index in [1.54, 1.807) is 0 Å². The average Bonchev–Trinajstić information content (AvgIpc) is 2.59. The van der Waals surface area contributed by atoms with Crippen molar-refractivity contribution in [3.8, 4) is 0 Å². The molecule has 1 aliphatic rings. The maximum Gasteiger partial charge on any atom is 0.191 e. The fourth-order valence-corrected chi connectivity index (χ4v) is 2.57. The van der Waals surface area contributed by atoms with Crippen molar-refractivity contribution in [2.24, 2.45) is 4.99 Å². The van der Waals surface area contributed by atoms with Crippen LogP contribution >= 0.6 is 0 Å². The number of likely N-dealkylation sites (N-methyl/N-ethyl adjacent to an activating group) is 1. The summed E-state index contributed by atoms with van der Waals surface area (Å²) in [7, 11) is 3.98. The van der Waals surface area contributed by atoms with Gasteiger partial charge in [0.15, 0.2) is 5.96 Å². The van der Waals surface area contributed by atoms with Gasteiger partial charge in [-0.3, -0.25) is 4.99 Å². The molecule has 0 radical (unpaired) electrons. The Hall–Kier alpha value is -1.82. The number of guanidine groups is 1. The summed E-state index contributed by atoms with van der Waals surface area (Å²) in [4.78, 5) is 13.5. The number of rotatable bonds is 6. The van der Waals surface area contributed by atoms with Crippen molar-refractivity contribution in [2.45, 2.75) is 26.3 Å². The number of anilines is 1. The third-order valence-electron chi connectivity index (χ3n) is 4.14. The average molecular weight is 318 g/mol. The van der Waals surface area contributed by atoms with Crippen molar-refractivity contribution in [3.05, 3.63) is 23.9 Å². The Bertz CT molecular complexity index is 494. The van der Waals surface area contributed by atoms with Crippen molar-refractivity contribution in [1.29, 1.82) is 0 Å². The third kappa shape index (κ3) is 5.71. The van der Waals surface area contributed by atoms with Gasteiger partial charge in [0.1, 0.15) is 5.82 Å². The van der Waals surface area contributed by atoms with Crippen molar-refractivity contribution in [1.82, 2.24) is 20.5 Å². The molecule has 6 heteroatoms. The molecule has 1 fully saturated rings. The van der Waals surface area contributed by atoms with Crippen molar-refractivity contribution in [3.63, 3.8) is 0 Å². The van der Waals surface area contributed by atoms with Gasteiger partial charge in [-0.25, -0.2) is 4.98 Å². The van der Waals surface area contributed by atoms with E-state index in [9.17, 15) is 0 Å². The fourth-order valence-electron chi connectivity index (χ4n) is 2.57. The molecular weight excluding hydrogens is 288 g/mol. The van der Waals surface area contributed by atoms with Crippen LogP contribution in [-0.2, 0) is 6.54 Å². The minimum atomic E-state index is 0.759. The predicted octanol–water partition coefficient (Wildman–Crippen LogP) is 1.30. The molecule has 0 bridgehead atoms. The van der Waals surface area contributed by atoms with Gasteiger partial charge in [0.05, 0.1) is 0 Å². The van der Waals surface area contributed by atoms with Crippen LogP contribution in [-0.4, -0.2) is 62.7 Å². The molecule has 1 aliphatic heterocycles. The second-order valence-corrected chi connectivity index (χ2v) is 6.02. The molecule has 2 N–H and O–H groups in total. The van der Waals surface area contributed by atoms with Crippen LogP contribution < -0.4 is 15.5 Å². The predicted molar refractivity (Wildman–Crippen MR) is 97.1 cm³/mol. The molecule has 2 rings (SSSR count). The summed E-state index contributed by atoms with van der Waals surface area (Å²) in [5.74, 6) is 1.93. The Morgan fingerprint density at radius 1 is 1.26 bits per heavy atom. The second-order valence-electron chi connectivity index (χ2n) is 6.02. The molecule has 0 saturated carbocycles. The van der Waals surface area contributed by atoms with E-state index >= 15 is 0 Å². The summed E-state index contributed by atoms with van der Waals surface area (Å²) in [6, 6.07) is 4.24. The van der Waals surface area contributed by atoms with Gasteiger partial charge < -0.3 is 20.4 Å². The minimum Gasteiger partial charge on any atom is -0.356 e. The number of hydrogen-bond acceptors (Lipinski definition) is 4. The van der Waals surface area contributed by atoms with Gasteiger partial charge in [-0.1, -0.05) is 13.3 Å². The Labute approximate surface area is 140 Å². The highest BCUT2D eigenvalue weighted by atomic mass is 15.3. The maximum absolute atomic E-state index is 4.53. The van der Waals surface area contributed by atoms with Crippen molar-refractivity contribution < 1.29 is 0 Å². The topological polar surface area (TPSA) is 55.8 Å². The molecule has 0 spiro atoms. The van der Waals surface area contributed by atoms with Gasteiger partial charge in [-0.15, -0.1) is 0 Å². The van der Waals surface area contributed by atoms with Crippen LogP contribution in [0.15, 0.2) is 23.3 Å². The first kappa shape index (κ1) is 17.5. The quantitative estimate of drug-likeness (QED) is 0.470. The molecule has 23 heavy (non-hydrogen) atoms. The molecule has 128 valence electrons. The standard InChI is InChI=1S/C17H30N6/c1-4-5-7-20-17(18-2)21-14-15-6-8-19-16(13-15)23-11-9-22(3)10-12-23/h6,8,13H,4-5,7,9-12,14H2,1-3H3,(H2,18,20,21). The number of nitrogens with one attached hydrogen (secondary N) is 2. The highest BCUT2D eigenvalue weighted by Crippen LogP contribution is 2.14.